The SMILES string of the molecule is CC(OC(=O)C(Cl)(Cl)Cl)/C(Br)=C\c1ccccc1. The van der Waals surface area contributed by atoms with Crippen molar-refractivity contribution in [1.29, 1.82) is 0 Å². The largest absolute Gasteiger partial charge is 0.454 e. The Balaban J connectivity index is 2.70. The van der Waals surface area contributed by atoms with E-state index in [0.717, 1.165) is 5.56 Å². The zero-order chi connectivity index (χ0) is 13.8. The Bertz CT molecular complexity index is 440. The maximum atomic E-state index is 11.4. The van der Waals surface area contributed by atoms with Crippen LogP contribution in [0.15, 0.2) is 34.8 Å². The van der Waals surface area contributed by atoms with E-state index in [2.05, 4.69) is 15.9 Å². The summed E-state index contributed by atoms with van der Waals surface area (Å²) in [6, 6.07) is 9.57. The Kier molecular flexibility index (Phi) is 5.99. The first-order valence-corrected chi connectivity index (χ1v) is 6.93. The number of carbonyl (C=O) groups excluding carboxylic acids is 1. The minimum absolute atomic E-state index is 0.534. The summed E-state index contributed by atoms with van der Waals surface area (Å²) in [4.78, 5) is 11.4. The monoisotopic (exact) mass is 370 g/mol. The molecule has 6 heteroatoms. The Morgan fingerprint density at radius 3 is 2.39 bits per heavy atom. The molecule has 0 aliphatic rings. The molecular formula is C12H10BrCl3O2. The van der Waals surface area contributed by atoms with Gasteiger partial charge in [-0.3, -0.25) is 0 Å². The van der Waals surface area contributed by atoms with Crippen molar-refractivity contribution in [2.75, 3.05) is 0 Å². The van der Waals surface area contributed by atoms with Crippen LogP contribution >= 0.6 is 50.7 Å². The molecular weight excluding hydrogens is 362 g/mol. The molecule has 0 bridgehead atoms. The molecule has 2 nitrogen and oxygen atoms in total. The molecule has 0 amide bonds. The summed E-state index contributed by atoms with van der Waals surface area (Å²) in [6.07, 6.45) is 1.30. The Labute approximate surface area is 129 Å². The Morgan fingerprint density at radius 2 is 1.89 bits per heavy atom. The van der Waals surface area contributed by atoms with Crippen molar-refractivity contribution in [2.24, 2.45) is 0 Å². The molecule has 0 aliphatic heterocycles. The molecule has 1 aromatic carbocycles. The van der Waals surface area contributed by atoms with Gasteiger partial charge in [-0.05, 0) is 18.6 Å². The van der Waals surface area contributed by atoms with Gasteiger partial charge in [0.15, 0.2) is 0 Å². The van der Waals surface area contributed by atoms with Gasteiger partial charge < -0.3 is 4.74 Å². The molecule has 1 unspecified atom stereocenters. The second-order valence-corrected chi connectivity index (χ2v) is 6.68. The van der Waals surface area contributed by atoms with Crippen LogP contribution in [0.2, 0.25) is 0 Å². The zero-order valence-electron chi connectivity index (χ0n) is 9.37. The summed E-state index contributed by atoms with van der Waals surface area (Å²) in [5, 5.41) is 0. The molecule has 0 aliphatic carbocycles. The summed E-state index contributed by atoms with van der Waals surface area (Å²) in [7, 11) is 0. The van der Waals surface area contributed by atoms with Crippen LogP contribution in [-0.2, 0) is 9.53 Å². The summed E-state index contributed by atoms with van der Waals surface area (Å²) in [6.45, 7) is 1.68. The summed E-state index contributed by atoms with van der Waals surface area (Å²) < 4.78 is 3.61. The third-order valence-corrected chi connectivity index (χ3v) is 3.34. The van der Waals surface area contributed by atoms with Gasteiger partial charge in [-0.2, -0.15) is 0 Å². The van der Waals surface area contributed by atoms with E-state index in [1.807, 2.05) is 36.4 Å². The molecule has 0 heterocycles. The third-order valence-electron chi connectivity index (χ3n) is 2.01. The van der Waals surface area contributed by atoms with Crippen molar-refractivity contribution in [3.63, 3.8) is 0 Å². The number of hydrogen-bond acceptors (Lipinski definition) is 2. The molecule has 18 heavy (non-hydrogen) atoms. The fourth-order valence-electron chi connectivity index (χ4n) is 1.11. The number of hydrogen-bond donors (Lipinski definition) is 0. The smallest absolute Gasteiger partial charge is 0.359 e. The highest BCUT2D eigenvalue weighted by molar-refractivity contribution is 9.11. The molecule has 1 aromatic rings. The molecule has 1 atom stereocenters. The van der Waals surface area contributed by atoms with Gasteiger partial charge in [0.25, 0.3) is 3.79 Å². The van der Waals surface area contributed by atoms with E-state index in [0.29, 0.717) is 4.48 Å². The molecule has 0 radical (unpaired) electrons. The molecule has 0 N–H and O–H groups in total. The Morgan fingerprint density at radius 1 is 1.33 bits per heavy atom. The highest BCUT2D eigenvalue weighted by Gasteiger charge is 2.34. The van der Waals surface area contributed by atoms with Gasteiger partial charge in [-0.15, -0.1) is 0 Å². The molecule has 0 fully saturated rings. The van der Waals surface area contributed by atoms with Crippen LogP contribution in [0.1, 0.15) is 12.5 Å². The van der Waals surface area contributed by atoms with Gasteiger partial charge >= 0.3 is 5.97 Å². The van der Waals surface area contributed by atoms with E-state index in [9.17, 15) is 4.79 Å². The third kappa shape index (κ3) is 5.19. The van der Waals surface area contributed by atoms with Crippen molar-refractivity contribution in [2.45, 2.75) is 16.8 Å². The van der Waals surface area contributed by atoms with E-state index in [1.54, 1.807) is 6.92 Å². The van der Waals surface area contributed by atoms with E-state index in [-0.39, 0.29) is 0 Å². The molecule has 0 spiro atoms. The minimum Gasteiger partial charge on any atom is -0.454 e. The highest BCUT2D eigenvalue weighted by atomic mass is 79.9. The summed E-state index contributed by atoms with van der Waals surface area (Å²) >= 11 is 19.6. The molecule has 1 rings (SSSR count). The molecule has 98 valence electrons. The summed E-state index contributed by atoms with van der Waals surface area (Å²) in [5.74, 6) is -0.904. The molecule has 0 saturated carbocycles. The lowest BCUT2D eigenvalue weighted by atomic mass is 10.2. The van der Waals surface area contributed by atoms with Crippen molar-refractivity contribution in [3.05, 3.63) is 40.4 Å². The van der Waals surface area contributed by atoms with Crippen molar-refractivity contribution < 1.29 is 9.53 Å². The van der Waals surface area contributed by atoms with E-state index >= 15 is 0 Å². The van der Waals surface area contributed by atoms with Gasteiger partial charge in [0, 0.05) is 4.48 Å². The number of halogens is 4. The first-order chi connectivity index (χ1) is 8.30. The Hall–Kier alpha value is -0.220. The van der Waals surface area contributed by atoms with Crippen LogP contribution in [0.3, 0.4) is 0 Å². The minimum atomic E-state index is -2.06. The van der Waals surface area contributed by atoms with E-state index in [4.69, 9.17) is 39.5 Å². The number of ether oxygens (including phenoxy) is 1. The van der Waals surface area contributed by atoms with E-state index in [1.165, 1.54) is 0 Å². The van der Waals surface area contributed by atoms with Crippen molar-refractivity contribution in [1.82, 2.24) is 0 Å². The van der Waals surface area contributed by atoms with Crippen LogP contribution in [-0.4, -0.2) is 15.9 Å². The number of alkyl halides is 3. The fourth-order valence-corrected chi connectivity index (χ4v) is 1.60. The number of benzene rings is 1. The topological polar surface area (TPSA) is 26.3 Å². The van der Waals surface area contributed by atoms with Gasteiger partial charge in [0.05, 0.1) is 0 Å². The lowest BCUT2D eigenvalue weighted by molar-refractivity contribution is -0.145. The average Bonchev–Trinajstić information content (AvgIpc) is 2.28. The van der Waals surface area contributed by atoms with Gasteiger partial charge in [-0.1, -0.05) is 81.1 Å². The van der Waals surface area contributed by atoms with Crippen LogP contribution in [0.4, 0.5) is 0 Å². The normalized spacial score (nSPS) is 14.2. The van der Waals surface area contributed by atoms with Crippen LogP contribution in [0, 0.1) is 0 Å². The zero-order valence-corrected chi connectivity index (χ0v) is 13.2. The lowest BCUT2D eigenvalue weighted by Crippen LogP contribution is -2.26. The average molecular weight is 372 g/mol. The highest BCUT2D eigenvalue weighted by Crippen LogP contribution is 2.29. The maximum Gasteiger partial charge on any atom is 0.359 e. The lowest BCUT2D eigenvalue weighted by Gasteiger charge is -2.16. The standard InChI is InChI=1S/C12H10BrCl3O2/c1-8(18-11(17)12(14,15)16)10(13)7-9-5-3-2-4-6-9/h2-8H,1H3/b10-7+. The predicted molar refractivity (Wildman–Crippen MR) is 79.2 cm³/mol. The molecule has 0 aromatic heterocycles. The van der Waals surface area contributed by atoms with Gasteiger partial charge in [0.2, 0.25) is 0 Å². The first kappa shape index (κ1) is 15.8. The van der Waals surface area contributed by atoms with Gasteiger partial charge in [0.1, 0.15) is 6.10 Å². The van der Waals surface area contributed by atoms with Crippen LogP contribution in [0.5, 0.6) is 0 Å². The number of rotatable bonds is 3. The van der Waals surface area contributed by atoms with Crippen molar-refractivity contribution >= 4 is 62.8 Å². The maximum absolute atomic E-state index is 11.4. The summed E-state index contributed by atoms with van der Waals surface area (Å²) in [5.41, 5.74) is 0.973. The van der Waals surface area contributed by atoms with Crippen LogP contribution < -0.4 is 0 Å². The van der Waals surface area contributed by atoms with Gasteiger partial charge in [-0.25, -0.2) is 4.79 Å². The fraction of sp³-hybridized carbons (Fsp3) is 0.250. The second-order valence-electron chi connectivity index (χ2n) is 3.49. The first-order valence-electron chi connectivity index (χ1n) is 5.00. The second kappa shape index (κ2) is 6.80. The van der Waals surface area contributed by atoms with Crippen molar-refractivity contribution in [3.8, 4) is 0 Å². The predicted octanol–water partition coefficient (Wildman–Crippen LogP) is 4.72. The molecule has 0 saturated heterocycles. The number of carbonyl (C=O) groups is 1. The van der Waals surface area contributed by atoms with Crippen LogP contribution in [0.25, 0.3) is 6.08 Å². The van der Waals surface area contributed by atoms with E-state index < -0.39 is 15.9 Å². The number of esters is 1. The quantitative estimate of drug-likeness (QED) is 0.567.